The number of hydrogen-bond donors (Lipinski definition) is 2. The molecule has 3 N–H and O–H groups in total. The number of nitrogens with two attached hydrogens (primary N) is 1. The van der Waals surface area contributed by atoms with E-state index >= 15 is 0 Å². The standard InChI is InChI=1S/C12H13ClN2OS/c1-17-8-12(16)15-11-5-4-10(13)7-9(11)3-2-6-14/h4-5,7H,6,8,14H2,1H3,(H,15,16). The molecule has 0 aliphatic rings. The van der Waals surface area contributed by atoms with Crippen molar-refractivity contribution in [1.29, 1.82) is 0 Å². The second-order valence-electron chi connectivity index (χ2n) is 3.18. The van der Waals surface area contributed by atoms with Gasteiger partial charge in [0.05, 0.1) is 18.0 Å². The van der Waals surface area contributed by atoms with Crippen LogP contribution >= 0.6 is 23.4 Å². The molecule has 0 aromatic heterocycles. The minimum absolute atomic E-state index is 0.0596. The van der Waals surface area contributed by atoms with Gasteiger partial charge in [-0.3, -0.25) is 4.79 Å². The Hall–Kier alpha value is -1.15. The van der Waals surface area contributed by atoms with Crippen molar-refractivity contribution < 1.29 is 4.79 Å². The van der Waals surface area contributed by atoms with Crippen LogP contribution in [0.4, 0.5) is 5.69 Å². The third-order valence-electron chi connectivity index (χ3n) is 1.86. The number of carbonyl (C=O) groups is 1. The Balaban J connectivity index is 2.94. The molecule has 0 radical (unpaired) electrons. The lowest BCUT2D eigenvalue weighted by atomic mass is 10.2. The van der Waals surface area contributed by atoms with E-state index in [1.54, 1.807) is 18.2 Å². The van der Waals surface area contributed by atoms with Gasteiger partial charge in [-0.2, -0.15) is 11.8 Å². The number of hydrogen-bond acceptors (Lipinski definition) is 3. The second-order valence-corrected chi connectivity index (χ2v) is 4.48. The SMILES string of the molecule is CSCC(=O)Nc1ccc(Cl)cc1C#CCN. The summed E-state index contributed by atoms with van der Waals surface area (Å²) in [5, 5.41) is 3.36. The van der Waals surface area contributed by atoms with E-state index in [4.69, 9.17) is 17.3 Å². The zero-order valence-corrected chi connectivity index (χ0v) is 11.0. The van der Waals surface area contributed by atoms with Crippen molar-refractivity contribution in [3.63, 3.8) is 0 Å². The quantitative estimate of drug-likeness (QED) is 0.824. The van der Waals surface area contributed by atoms with Gasteiger partial charge in [-0.1, -0.05) is 23.4 Å². The summed E-state index contributed by atoms with van der Waals surface area (Å²) in [4.78, 5) is 11.5. The Morgan fingerprint density at radius 3 is 3.00 bits per heavy atom. The first-order valence-electron chi connectivity index (χ1n) is 4.94. The highest BCUT2D eigenvalue weighted by molar-refractivity contribution is 7.99. The summed E-state index contributed by atoms with van der Waals surface area (Å²) in [7, 11) is 0. The summed E-state index contributed by atoms with van der Waals surface area (Å²) in [6.45, 7) is 0.269. The van der Waals surface area contributed by atoms with E-state index in [2.05, 4.69) is 17.2 Å². The summed E-state index contributed by atoms with van der Waals surface area (Å²) in [5.74, 6) is 5.97. The van der Waals surface area contributed by atoms with Crippen LogP contribution in [0.5, 0.6) is 0 Å². The molecule has 5 heteroatoms. The molecule has 0 saturated heterocycles. The van der Waals surface area contributed by atoms with Gasteiger partial charge < -0.3 is 11.1 Å². The number of amides is 1. The van der Waals surface area contributed by atoms with Crippen molar-refractivity contribution in [3.8, 4) is 11.8 Å². The third kappa shape index (κ3) is 4.70. The van der Waals surface area contributed by atoms with E-state index in [0.717, 1.165) is 0 Å². The molecule has 1 amide bonds. The maximum atomic E-state index is 11.5. The lowest BCUT2D eigenvalue weighted by Crippen LogP contribution is -2.14. The van der Waals surface area contributed by atoms with Crippen molar-refractivity contribution in [2.75, 3.05) is 23.9 Å². The summed E-state index contributed by atoms with van der Waals surface area (Å²) in [6.07, 6.45) is 1.87. The summed E-state index contributed by atoms with van der Waals surface area (Å²) in [6, 6.07) is 5.16. The predicted octanol–water partition coefficient (Wildman–Crippen LogP) is 1.95. The molecular weight excluding hydrogens is 256 g/mol. The summed E-state index contributed by atoms with van der Waals surface area (Å²) < 4.78 is 0. The molecule has 0 bridgehead atoms. The van der Waals surface area contributed by atoms with Crippen molar-refractivity contribution in [2.24, 2.45) is 5.73 Å². The molecular formula is C12H13ClN2OS. The average molecular weight is 269 g/mol. The van der Waals surface area contributed by atoms with Gasteiger partial charge in [-0.05, 0) is 24.5 Å². The van der Waals surface area contributed by atoms with Crippen LogP contribution in [0.15, 0.2) is 18.2 Å². The summed E-state index contributed by atoms with van der Waals surface area (Å²) in [5.41, 5.74) is 6.66. The van der Waals surface area contributed by atoms with Gasteiger partial charge in [0.15, 0.2) is 0 Å². The number of anilines is 1. The number of carbonyl (C=O) groups excluding carboxylic acids is 1. The van der Waals surface area contributed by atoms with Gasteiger partial charge in [0.25, 0.3) is 0 Å². The number of rotatable bonds is 3. The molecule has 0 fully saturated rings. The first kappa shape index (κ1) is 13.9. The molecule has 0 atom stereocenters. The third-order valence-corrected chi connectivity index (χ3v) is 2.64. The van der Waals surface area contributed by atoms with Crippen molar-refractivity contribution >= 4 is 35.0 Å². The highest BCUT2D eigenvalue weighted by Crippen LogP contribution is 2.20. The number of nitrogens with one attached hydrogen (secondary N) is 1. The number of halogens is 1. The molecule has 90 valence electrons. The smallest absolute Gasteiger partial charge is 0.234 e. The minimum atomic E-state index is -0.0596. The van der Waals surface area contributed by atoms with Crippen LogP contribution in [0.2, 0.25) is 5.02 Å². The van der Waals surface area contributed by atoms with Gasteiger partial charge >= 0.3 is 0 Å². The first-order valence-corrected chi connectivity index (χ1v) is 6.72. The van der Waals surface area contributed by atoms with Gasteiger partial charge in [0, 0.05) is 10.6 Å². The van der Waals surface area contributed by atoms with E-state index in [-0.39, 0.29) is 12.5 Å². The molecule has 1 rings (SSSR count). The van der Waals surface area contributed by atoms with Crippen LogP contribution < -0.4 is 11.1 Å². The molecule has 0 saturated carbocycles. The highest BCUT2D eigenvalue weighted by atomic mass is 35.5. The molecule has 1 aromatic carbocycles. The van der Waals surface area contributed by atoms with Crippen molar-refractivity contribution in [3.05, 3.63) is 28.8 Å². The van der Waals surface area contributed by atoms with Gasteiger partial charge in [0.2, 0.25) is 5.91 Å². The summed E-state index contributed by atoms with van der Waals surface area (Å²) >= 11 is 7.34. The zero-order valence-electron chi connectivity index (χ0n) is 9.42. The number of thioether (sulfide) groups is 1. The van der Waals surface area contributed by atoms with E-state index in [1.807, 2.05) is 6.26 Å². The fourth-order valence-corrected chi connectivity index (χ4v) is 1.70. The Bertz CT molecular complexity index is 465. The zero-order chi connectivity index (χ0) is 12.7. The van der Waals surface area contributed by atoms with Crippen molar-refractivity contribution in [1.82, 2.24) is 0 Å². The Morgan fingerprint density at radius 1 is 1.59 bits per heavy atom. The maximum absolute atomic E-state index is 11.5. The molecule has 0 heterocycles. The largest absolute Gasteiger partial charge is 0.324 e. The molecule has 3 nitrogen and oxygen atoms in total. The Labute approximate surface area is 110 Å². The molecule has 0 aliphatic heterocycles. The van der Waals surface area contributed by atoms with E-state index in [9.17, 15) is 4.79 Å². The van der Waals surface area contributed by atoms with E-state index in [0.29, 0.717) is 22.0 Å². The predicted molar refractivity (Wildman–Crippen MR) is 74.4 cm³/mol. The molecule has 1 aromatic rings. The maximum Gasteiger partial charge on any atom is 0.234 e. The van der Waals surface area contributed by atoms with E-state index in [1.165, 1.54) is 11.8 Å². The molecule has 0 unspecified atom stereocenters. The van der Waals surface area contributed by atoms with Crippen LogP contribution in [0, 0.1) is 11.8 Å². The average Bonchev–Trinajstić information content (AvgIpc) is 2.30. The molecule has 0 aliphatic carbocycles. The minimum Gasteiger partial charge on any atom is -0.324 e. The van der Waals surface area contributed by atoms with Gasteiger partial charge in [0.1, 0.15) is 0 Å². The monoisotopic (exact) mass is 268 g/mol. The lowest BCUT2D eigenvalue weighted by molar-refractivity contribution is -0.113. The van der Waals surface area contributed by atoms with Crippen LogP contribution in [0.1, 0.15) is 5.56 Å². The lowest BCUT2D eigenvalue weighted by Gasteiger charge is -2.07. The first-order chi connectivity index (χ1) is 8.17. The van der Waals surface area contributed by atoms with Crippen LogP contribution in [0.25, 0.3) is 0 Å². The fraction of sp³-hybridized carbons (Fsp3) is 0.250. The van der Waals surface area contributed by atoms with Gasteiger partial charge in [-0.25, -0.2) is 0 Å². The van der Waals surface area contributed by atoms with Crippen LogP contribution in [0.3, 0.4) is 0 Å². The number of benzene rings is 1. The van der Waals surface area contributed by atoms with Crippen LogP contribution in [-0.4, -0.2) is 24.5 Å². The molecule has 0 spiro atoms. The molecule has 17 heavy (non-hydrogen) atoms. The normalized spacial score (nSPS) is 9.35. The van der Waals surface area contributed by atoms with Gasteiger partial charge in [-0.15, -0.1) is 0 Å². The fourth-order valence-electron chi connectivity index (χ4n) is 1.19. The van der Waals surface area contributed by atoms with E-state index < -0.39 is 0 Å². The second kappa shape index (κ2) is 7.23. The van der Waals surface area contributed by atoms with Crippen molar-refractivity contribution in [2.45, 2.75) is 0 Å². The topological polar surface area (TPSA) is 55.1 Å². The Morgan fingerprint density at radius 2 is 2.35 bits per heavy atom. The Kier molecular flexibility index (Phi) is 5.92. The highest BCUT2D eigenvalue weighted by Gasteiger charge is 2.05. The van der Waals surface area contributed by atoms with Crippen LogP contribution in [-0.2, 0) is 4.79 Å².